The van der Waals surface area contributed by atoms with Crippen molar-refractivity contribution in [3.05, 3.63) is 0 Å². The van der Waals surface area contributed by atoms with Crippen molar-refractivity contribution >= 4 is 21.6 Å². The van der Waals surface area contributed by atoms with Crippen LogP contribution in [-0.2, 0) is 0 Å². The molecule has 0 rings (SSSR count). The predicted molar refractivity (Wildman–Crippen MR) is 73.1 cm³/mol. The van der Waals surface area contributed by atoms with Crippen LogP contribution in [0.5, 0.6) is 0 Å². The van der Waals surface area contributed by atoms with Crippen LogP contribution in [0.2, 0.25) is 0 Å². The Kier molecular flexibility index (Phi) is 14.4. The molecular weight excluding hydrogens is 222 g/mol. The second-order valence-electron chi connectivity index (χ2n) is 3.67. The minimum atomic E-state index is 0.731. The Balaban J connectivity index is 2.84. The molecule has 0 bridgehead atoms. The Morgan fingerprint density at radius 3 is 2.00 bits per heavy atom. The van der Waals surface area contributed by atoms with Crippen molar-refractivity contribution in [2.24, 2.45) is 0 Å². The van der Waals surface area contributed by atoms with Crippen LogP contribution in [0.15, 0.2) is 0 Å². The molecule has 0 fully saturated rings. The van der Waals surface area contributed by atoms with Crippen LogP contribution < -0.4 is 0 Å². The zero-order valence-electron chi connectivity index (χ0n) is 9.83. The summed E-state index contributed by atoms with van der Waals surface area (Å²) in [6.45, 7) is 2.25. The quantitative estimate of drug-likeness (QED) is 0.377. The second-order valence-corrected chi connectivity index (χ2v) is 6.38. The molecule has 0 aliphatic heterocycles. The highest BCUT2D eigenvalue weighted by Gasteiger charge is 1.92. The van der Waals surface area contributed by atoms with Gasteiger partial charge in [0.15, 0.2) is 0 Å². The number of unbranched alkanes of at least 4 members (excludes halogenated alkanes) is 6. The monoisotopic (exact) mass is 245 g/mol. The van der Waals surface area contributed by atoms with Gasteiger partial charge in [-0.2, -0.15) is 5.26 Å². The standard InChI is InChI=1S/C12H23NS2/c1-2-3-4-8-11-14-15-12-9-6-5-7-10-13/h2-9,11-12H2,1H3. The van der Waals surface area contributed by atoms with E-state index in [1.165, 1.54) is 50.0 Å². The van der Waals surface area contributed by atoms with Gasteiger partial charge in [0.05, 0.1) is 6.07 Å². The third-order valence-electron chi connectivity index (χ3n) is 2.18. The van der Waals surface area contributed by atoms with E-state index in [4.69, 9.17) is 5.26 Å². The summed E-state index contributed by atoms with van der Waals surface area (Å²) in [5, 5.41) is 8.35. The lowest BCUT2D eigenvalue weighted by Crippen LogP contribution is -1.81. The second kappa shape index (κ2) is 14.2. The molecule has 0 N–H and O–H groups in total. The molecule has 0 saturated carbocycles. The third kappa shape index (κ3) is 14.2. The average molecular weight is 245 g/mol. The van der Waals surface area contributed by atoms with Crippen LogP contribution in [-0.4, -0.2) is 11.5 Å². The number of hydrogen-bond donors (Lipinski definition) is 0. The highest BCUT2D eigenvalue weighted by molar-refractivity contribution is 8.76. The SMILES string of the molecule is CCCCCCSSCCCCCC#N. The maximum atomic E-state index is 8.35. The fourth-order valence-corrected chi connectivity index (χ4v) is 3.54. The molecule has 3 heteroatoms. The van der Waals surface area contributed by atoms with Gasteiger partial charge in [0.1, 0.15) is 0 Å². The number of nitriles is 1. The lowest BCUT2D eigenvalue weighted by molar-refractivity contribution is 0.707. The molecule has 0 aromatic rings. The first-order chi connectivity index (χ1) is 7.41. The topological polar surface area (TPSA) is 23.8 Å². The highest BCUT2D eigenvalue weighted by Crippen LogP contribution is 2.24. The van der Waals surface area contributed by atoms with Crippen molar-refractivity contribution in [3.63, 3.8) is 0 Å². The Labute approximate surface area is 103 Å². The summed E-state index contributed by atoms with van der Waals surface area (Å²) in [6.07, 6.45) is 9.79. The molecule has 15 heavy (non-hydrogen) atoms. The van der Waals surface area contributed by atoms with Crippen molar-refractivity contribution in [2.75, 3.05) is 11.5 Å². The van der Waals surface area contributed by atoms with Crippen LogP contribution in [0.3, 0.4) is 0 Å². The summed E-state index contributed by atoms with van der Waals surface area (Å²) in [6, 6.07) is 2.19. The van der Waals surface area contributed by atoms with Crippen LogP contribution in [0, 0.1) is 11.3 Å². The van der Waals surface area contributed by atoms with Gasteiger partial charge in [0, 0.05) is 17.9 Å². The van der Waals surface area contributed by atoms with Crippen molar-refractivity contribution in [1.82, 2.24) is 0 Å². The molecule has 0 heterocycles. The Morgan fingerprint density at radius 1 is 0.867 bits per heavy atom. The molecule has 0 aromatic heterocycles. The van der Waals surface area contributed by atoms with Crippen LogP contribution in [0.4, 0.5) is 0 Å². The molecule has 0 spiro atoms. The van der Waals surface area contributed by atoms with E-state index in [0.29, 0.717) is 0 Å². The van der Waals surface area contributed by atoms with Crippen LogP contribution >= 0.6 is 21.6 Å². The Morgan fingerprint density at radius 2 is 1.47 bits per heavy atom. The zero-order chi connectivity index (χ0) is 11.2. The first kappa shape index (κ1) is 15.2. The van der Waals surface area contributed by atoms with Crippen molar-refractivity contribution in [1.29, 1.82) is 5.26 Å². The summed E-state index contributed by atoms with van der Waals surface area (Å²) in [5.41, 5.74) is 0. The number of hydrogen-bond acceptors (Lipinski definition) is 3. The lowest BCUT2D eigenvalue weighted by Gasteiger charge is -2.00. The predicted octanol–water partition coefficient (Wildman–Crippen LogP) is 5.03. The summed E-state index contributed by atoms with van der Waals surface area (Å²) >= 11 is 0. The smallest absolute Gasteiger partial charge is 0.0621 e. The molecule has 0 unspecified atom stereocenters. The van der Waals surface area contributed by atoms with Gasteiger partial charge in [-0.3, -0.25) is 0 Å². The fraction of sp³-hybridized carbons (Fsp3) is 0.917. The fourth-order valence-electron chi connectivity index (χ4n) is 1.25. The van der Waals surface area contributed by atoms with Crippen LogP contribution in [0.1, 0.15) is 58.3 Å². The number of nitrogens with zero attached hydrogens (tertiary/aromatic N) is 1. The maximum absolute atomic E-state index is 8.35. The van der Waals surface area contributed by atoms with E-state index in [-0.39, 0.29) is 0 Å². The molecule has 0 atom stereocenters. The largest absolute Gasteiger partial charge is 0.198 e. The van der Waals surface area contributed by atoms with Gasteiger partial charge < -0.3 is 0 Å². The van der Waals surface area contributed by atoms with E-state index in [2.05, 4.69) is 13.0 Å². The Hall–Kier alpha value is 0.190. The molecule has 88 valence electrons. The van der Waals surface area contributed by atoms with E-state index in [1.807, 2.05) is 21.6 Å². The van der Waals surface area contributed by atoms with Crippen molar-refractivity contribution in [3.8, 4) is 6.07 Å². The molecule has 0 amide bonds. The zero-order valence-corrected chi connectivity index (χ0v) is 11.5. The summed E-state index contributed by atoms with van der Waals surface area (Å²) in [5.74, 6) is 2.56. The third-order valence-corrected chi connectivity index (χ3v) is 4.76. The molecule has 0 aromatic carbocycles. The van der Waals surface area contributed by atoms with Gasteiger partial charge in [-0.15, -0.1) is 0 Å². The normalized spacial score (nSPS) is 10.1. The Bertz CT molecular complexity index is 154. The van der Waals surface area contributed by atoms with E-state index >= 15 is 0 Å². The minimum Gasteiger partial charge on any atom is -0.198 e. The summed E-state index contributed by atoms with van der Waals surface area (Å²) < 4.78 is 0. The number of rotatable bonds is 11. The molecular formula is C12H23NS2. The summed E-state index contributed by atoms with van der Waals surface area (Å²) in [4.78, 5) is 0. The van der Waals surface area contributed by atoms with Crippen molar-refractivity contribution in [2.45, 2.75) is 58.3 Å². The average Bonchev–Trinajstić information content (AvgIpc) is 2.26. The van der Waals surface area contributed by atoms with Crippen LogP contribution in [0.25, 0.3) is 0 Å². The molecule has 1 nitrogen and oxygen atoms in total. The molecule has 0 aliphatic carbocycles. The highest BCUT2D eigenvalue weighted by atomic mass is 33.1. The summed E-state index contributed by atoms with van der Waals surface area (Å²) in [7, 11) is 4.02. The van der Waals surface area contributed by atoms with Gasteiger partial charge in [0.25, 0.3) is 0 Å². The molecule has 0 saturated heterocycles. The van der Waals surface area contributed by atoms with E-state index in [9.17, 15) is 0 Å². The molecule has 0 aliphatic rings. The van der Waals surface area contributed by atoms with Gasteiger partial charge in [0.2, 0.25) is 0 Å². The van der Waals surface area contributed by atoms with Gasteiger partial charge >= 0.3 is 0 Å². The first-order valence-corrected chi connectivity index (χ1v) is 8.52. The maximum Gasteiger partial charge on any atom is 0.0621 e. The van der Waals surface area contributed by atoms with Gasteiger partial charge in [-0.25, -0.2) is 0 Å². The molecule has 0 radical (unpaired) electrons. The first-order valence-electron chi connectivity index (χ1n) is 6.03. The van der Waals surface area contributed by atoms with E-state index in [1.54, 1.807) is 0 Å². The van der Waals surface area contributed by atoms with Gasteiger partial charge in [-0.05, 0) is 19.3 Å². The lowest BCUT2D eigenvalue weighted by atomic mass is 10.2. The van der Waals surface area contributed by atoms with E-state index in [0.717, 1.165) is 12.8 Å². The minimum absolute atomic E-state index is 0.731. The van der Waals surface area contributed by atoms with E-state index < -0.39 is 0 Å². The van der Waals surface area contributed by atoms with Crippen molar-refractivity contribution < 1.29 is 0 Å². The van der Waals surface area contributed by atoms with Gasteiger partial charge in [-0.1, -0.05) is 54.2 Å².